The van der Waals surface area contributed by atoms with E-state index in [1.54, 1.807) is 18.7 Å². The van der Waals surface area contributed by atoms with Gasteiger partial charge in [-0.2, -0.15) is 0 Å². The lowest BCUT2D eigenvalue weighted by atomic mass is 9.94. The minimum Gasteiger partial charge on any atom is -0.338 e. The Morgan fingerprint density at radius 2 is 2.15 bits per heavy atom. The van der Waals surface area contributed by atoms with Gasteiger partial charge >= 0.3 is 0 Å². The fourth-order valence-electron chi connectivity index (χ4n) is 2.19. The van der Waals surface area contributed by atoms with Gasteiger partial charge in [-0.25, -0.2) is 4.99 Å². The van der Waals surface area contributed by atoms with E-state index in [0.29, 0.717) is 0 Å². The number of allylic oxidation sites excluding steroid dienone is 1. The zero-order valence-corrected chi connectivity index (χ0v) is 12.5. The van der Waals surface area contributed by atoms with E-state index in [-0.39, 0.29) is 11.8 Å². The molecule has 1 aromatic rings. The van der Waals surface area contributed by atoms with Crippen LogP contribution in [0.3, 0.4) is 0 Å². The van der Waals surface area contributed by atoms with Gasteiger partial charge in [0, 0.05) is 17.0 Å². The van der Waals surface area contributed by atoms with E-state index in [1.165, 1.54) is 0 Å². The highest BCUT2D eigenvalue weighted by Gasteiger charge is 2.26. The van der Waals surface area contributed by atoms with Crippen LogP contribution in [0.5, 0.6) is 0 Å². The van der Waals surface area contributed by atoms with Crippen molar-refractivity contribution in [2.75, 3.05) is 5.75 Å². The summed E-state index contributed by atoms with van der Waals surface area (Å²) in [5.41, 5.74) is 2.65. The molecule has 0 saturated carbocycles. The summed E-state index contributed by atoms with van der Waals surface area (Å²) < 4.78 is 0. The first-order valence-corrected chi connectivity index (χ1v) is 7.47. The minimum atomic E-state index is -0.220. The van der Waals surface area contributed by atoms with Crippen molar-refractivity contribution in [1.29, 1.82) is 0 Å². The summed E-state index contributed by atoms with van der Waals surface area (Å²) in [6, 6.07) is 9.69. The quantitative estimate of drug-likeness (QED) is 0.862. The molecule has 20 heavy (non-hydrogen) atoms. The first-order chi connectivity index (χ1) is 9.63. The maximum absolute atomic E-state index is 11.9. The van der Waals surface area contributed by atoms with Crippen LogP contribution in [0.4, 0.5) is 0 Å². The minimum absolute atomic E-state index is 0.0559. The number of nitrogens with zero attached hydrogens (tertiary/aromatic N) is 1. The second-order valence-corrected chi connectivity index (χ2v) is 5.58. The summed E-state index contributed by atoms with van der Waals surface area (Å²) in [4.78, 5) is 16.6. The van der Waals surface area contributed by atoms with Crippen LogP contribution >= 0.6 is 11.8 Å². The van der Waals surface area contributed by atoms with Crippen molar-refractivity contribution in [2.24, 2.45) is 4.99 Å². The van der Waals surface area contributed by atoms with Gasteiger partial charge in [-0.15, -0.1) is 6.58 Å². The molecule has 104 valence electrons. The highest BCUT2D eigenvalue weighted by molar-refractivity contribution is 8.13. The summed E-state index contributed by atoms with van der Waals surface area (Å²) in [5, 5.41) is 4.04. The van der Waals surface area contributed by atoms with Crippen molar-refractivity contribution in [2.45, 2.75) is 19.9 Å². The number of ketones is 1. The zero-order valence-electron chi connectivity index (χ0n) is 11.7. The third-order valence-corrected chi connectivity index (χ3v) is 3.93. The van der Waals surface area contributed by atoms with Gasteiger partial charge < -0.3 is 5.32 Å². The average Bonchev–Trinajstić information content (AvgIpc) is 2.45. The fourth-order valence-corrected chi connectivity index (χ4v) is 2.87. The molecule has 1 aliphatic rings. The van der Waals surface area contributed by atoms with Gasteiger partial charge in [0.15, 0.2) is 11.0 Å². The molecule has 0 saturated heterocycles. The van der Waals surface area contributed by atoms with E-state index in [1.807, 2.05) is 43.3 Å². The lowest BCUT2D eigenvalue weighted by Crippen LogP contribution is -2.29. The molecule has 4 heteroatoms. The molecule has 1 heterocycles. The Kier molecular flexibility index (Phi) is 4.79. The van der Waals surface area contributed by atoms with Gasteiger partial charge in [-0.1, -0.05) is 48.2 Å². The van der Waals surface area contributed by atoms with Crippen molar-refractivity contribution in [3.05, 3.63) is 59.8 Å². The maximum Gasteiger partial charge on any atom is 0.162 e. The molecule has 3 nitrogen and oxygen atoms in total. The number of nitrogens with one attached hydrogen (secondary N) is 1. The van der Waals surface area contributed by atoms with Gasteiger partial charge in [-0.05, 0) is 19.4 Å². The molecular weight excluding hydrogens is 268 g/mol. The van der Waals surface area contributed by atoms with Crippen molar-refractivity contribution in [3.8, 4) is 0 Å². The number of benzene rings is 1. The highest BCUT2D eigenvalue weighted by Crippen LogP contribution is 2.32. The summed E-state index contributed by atoms with van der Waals surface area (Å²) in [5.74, 6) is 0.844. The lowest BCUT2D eigenvalue weighted by Gasteiger charge is -2.25. The number of thioether (sulfide) groups is 1. The van der Waals surface area contributed by atoms with E-state index in [4.69, 9.17) is 0 Å². The molecule has 1 atom stereocenters. The van der Waals surface area contributed by atoms with Gasteiger partial charge in [0.2, 0.25) is 0 Å². The van der Waals surface area contributed by atoms with Crippen LogP contribution in [0.2, 0.25) is 0 Å². The normalized spacial score (nSPS) is 18.3. The number of rotatable bonds is 4. The summed E-state index contributed by atoms with van der Waals surface area (Å²) >= 11 is 1.59. The second-order valence-electron chi connectivity index (χ2n) is 4.57. The molecule has 1 N–H and O–H groups in total. The Hall–Kier alpha value is -1.81. The smallest absolute Gasteiger partial charge is 0.162 e. The lowest BCUT2D eigenvalue weighted by molar-refractivity contribution is -0.113. The number of carbonyl (C=O) groups excluding carboxylic acids is 1. The predicted molar refractivity (Wildman–Crippen MR) is 85.8 cm³/mol. The molecule has 2 rings (SSSR count). The first-order valence-electron chi connectivity index (χ1n) is 6.48. The number of hydrogen-bond acceptors (Lipinski definition) is 4. The first kappa shape index (κ1) is 14.6. The average molecular weight is 286 g/mol. The van der Waals surface area contributed by atoms with Crippen molar-refractivity contribution < 1.29 is 4.79 Å². The molecule has 1 aromatic carbocycles. The topological polar surface area (TPSA) is 41.5 Å². The standard InChI is InChI=1S/C16H18N2OS/c1-4-10-20-16-17-11(2)14(12(3)19)15(18-16)13-8-6-5-7-9-13/h4-9,15H,1,10H2,2-3H3,(H,17,18). The van der Waals surface area contributed by atoms with Crippen molar-refractivity contribution in [3.63, 3.8) is 0 Å². The van der Waals surface area contributed by atoms with Crippen molar-refractivity contribution in [1.82, 2.24) is 5.32 Å². The van der Waals surface area contributed by atoms with Crippen LogP contribution in [-0.4, -0.2) is 16.7 Å². The number of carbonyl (C=O) groups is 1. The molecular formula is C16H18N2OS. The van der Waals surface area contributed by atoms with Crippen LogP contribution in [0.1, 0.15) is 25.5 Å². The molecule has 0 amide bonds. The van der Waals surface area contributed by atoms with E-state index < -0.39 is 0 Å². The van der Waals surface area contributed by atoms with Crippen LogP contribution in [0.15, 0.2) is 59.2 Å². The summed E-state index contributed by atoms with van der Waals surface area (Å²) in [7, 11) is 0. The number of aliphatic imine (C=N–C) groups is 1. The summed E-state index contributed by atoms with van der Waals surface area (Å²) in [6.07, 6.45) is 1.84. The van der Waals surface area contributed by atoms with E-state index in [9.17, 15) is 4.79 Å². The SMILES string of the molecule is C=CCSC1=NC(c2ccccc2)C(C(C)=O)=C(C)N1. The molecule has 0 spiro atoms. The molecule has 0 aliphatic carbocycles. The van der Waals surface area contributed by atoms with E-state index >= 15 is 0 Å². The molecule has 1 aliphatic heterocycles. The van der Waals surface area contributed by atoms with E-state index in [0.717, 1.165) is 27.8 Å². The maximum atomic E-state index is 11.9. The van der Waals surface area contributed by atoms with Crippen molar-refractivity contribution >= 4 is 22.7 Å². The monoisotopic (exact) mass is 286 g/mol. The van der Waals surface area contributed by atoms with Gasteiger partial charge in [-0.3, -0.25) is 4.79 Å². The van der Waals surface area contributed by atoms with Crippen LogP contribution in [-0.2, 0) is 4.79 Å². The van der Waals surface area contributed by atoms with Crippen LogP contribution in [0.25, 0.3) is 0 Å². The van der Waals surface area contributed by atoms with Gasteiger partial charge in [0.25, 0.3) is 0 Å². The van der Waals surface area contributed by atoms with Crippen LogP contribution < -0.4 is 5.32 Å². The molecule has 0 radical (unpaired) electrons. The van der Waals surface area contributed by atoms with E-state index in [2.05, 4.69) is 16.9 Å². The Balaban J connectivity index is 2.39. The van der Waals surface area contributed by atoms with Gasteiger partial charge in [0.05, 0.1) is 0 Å². The Bertz CT molecular complexity index is 575. The largest absolute Gasteiger partial charge is 0.338 e. The number of Topliss-reactive ketones (excluding diaryl/α,β-unsaturated/α-hetero) is 1. The molecule has 0 aromatic heterocycles. The number of hydrogen-bond donors (Lipinski definition) is 1. The fraction of sp³-hybridized carbons (Fsp3) is 0.250. The summed E-state index contributed by atoms with van der Waals surface area (Å²) in [6.45, 7) is 7.23. The molecule has 1 unspecified atom stereocenters. The zero-order chi connectivity index (χ0) is 14.5. The highest BCUT2D eigenvalue weighted by atomic mass is 32.2. The third-order valence-electron chi connectivity index (χ3n) is 3.05. The van der Waals surface area contributed by atoms with Gasteiger partial charge in [0.1, 0.15) is 6.04 Å². The third kappa shape index (κ3) is 3.20. The predicted octanol–water partition coefficient (Wildman–Crippen LogP) is 3.47. The molecule has 0 fully saturated rings. The van der Waals surface area contributed by atoms with Crippen LogP contribution in [0, 0.1) is 0 Å². The Labute approximate surface area is 123 Å². The Morgan fingerprint density at radius 1 is 1.45 bits per heavy atom. The second kappa shape index (κ2) is 6.57. The Morgan fingerprint density at radius 3 is 2.75 bits per heavy atom. The molecule has 0 bridgehead atoms. The number of amidine groups is 1.